The Morgan fingerprint density at radius 1 is 1.06 bits per heavy atom. The second kappa shape index (κ2) is 9.67. The summed E-state index contributed by atoms with van der Waals surface area (Å²) in [5.74, 6) is 0.803. The maximum Gasteiger partial charge on any atom is 0.220 e. The van der Waals surface area contributed by atoms with Crippen molar-refractivity contribution in [3.8, 4) is 17.0 Å². The molecule has 1 heterocycles. The molecule has 1 aromatic heterocycles. The van der Waals surface area contributed by atoms with Crippen LogP contribution in [-0.4, -0.2) is 22.8 Å². The molecular weight excluding hydrogens is 410 g/mol. The quantitative estimate of drug-likeness (QED) is 0.401. The molecule has 0 unspecified atom stereocenters. The highest BCUT2D eigenvalue weighted by molar-refractivity contribution is 6.31. The summed E-state index contributed by atoms with van der Waals surface area (Å²) in [4.78, 5) is 12.3. The molecule has 0 bridgehead atoms. The first-order valence-electron chi connectivity index (χ1n) is 10.2. The predicted octanol–water partition coefficient (Wildman–Crippen LogP) is 5.46. The molecule has 0 saturated heterocycles. The highest BCUT2D eigenvalue weighted by Gasteiger charge is 2.13. The largest absolute Gasteiger partial charge is 0.497 e. The third kappa shape index (κ3) is 5.06. The Kier molecular flexibility index (Phi) is 6.53. The van der Waals surface area contributed by atoms with Crippen molar-refractivity contribution in [1.82, 2.24) is 15.1 Å². The molecule has 0 aliphatic heterocycles. The van der Waals surface area contributed by atoms with E-state index in [-0.39, 0.29) is 5.91 Å². The molecule has 158 valence electrons. The molecular formula is C25H24ClN3O2. The van der Waals surface area contributed by atoms with Crippen LogP contribution >= 0.6 is 11.6 Å². The van der Waals surface area contributed by atoms with Gasteiger partial charge >= 0.3 is 0 Å². The number of nitrogens with one attached hydrogen (secondary N) is 1. The summed E-state index contributed by atoms with van der Waals surface area (Å²) in [5.41, 5.74) is 3.97. The number of fused-ring (bicyclic) bond motifs is 1. The van der Waals surface area contributed by atoms with E-state index >= 15 is 0 Å². The van der Waals surface area contributed by atoms with Gasteiger partial charge in [-0.3, -0.25) is 9.48 Å². The lowest BCUT2D eigenvalue weighted by molar-refractivity contribution is -0.121. The molecule has 6 heteroatoms. The van der Waals surface area contributed by atoms with Crippen LogP contribution < -0.4 is 10.1 Å². The van der Waals surface area contributed by atoms with Crippen molar-refractivity contribution in [2.75, 3.05) is 7.11 Å². The van der Waals surface area contributed by atoms with Gasteiger partial charge in [-0.15, -0.1) is 0 Å². The molecule has 1 N–H and O–H groups in total. The van der Waals surface area contributed by atoms with Crippen LogP contribution in [0.1, 0.15) is 18.4 Å². The Labute approximate surface area is 186 Å². The van der Waals surface area contributed by atoms with Crippen molar-refractivity contribution in [3.05, 3.63) is 83.4 Å². The van der Waals surface area contributed by atoms with Gasteiger partial charge in [0.2, 0.25) is 5.91 Å². The molecule has 0 radical (unpaired) electrons. The number of nitrogens with zero attached hydrogens (tertiary/aromatic N) is 2. The van der Waals surface area contributed by atoms with Crippen LogP contribution in [0.15, 0.2) is 72.8 Å². The van der Waals surface area contributed by atoms with Crippen LogP contribution in [0.3, 0.4) is 0 Å². The topological polar surface area (TPSA) is 56.1 Å². The normalized spacial score (nSPS) is 10.9. The van der Waals surface area contributed by atoms with E-state index < -0.39 is 0 Å². The molecule has 0 spiro atoms. The van der Waals surface area contributed by atoms with Crippen LogP contribution in [0.25, 0.3) is 22.2 Å². The van der Waals surface area contributed by atoms with E-state index in [1.54, 1.807) is 7.11 Å². The van der Waals surface area contributed by atoms with Gasteiger partial charge in [-0.25, -0.2) is 0 Å². The molecule has 3 aromatic carbocycles. The van der Waals surface area contributed by atoms with Gasteiger partial charge in [0, 0.05) is 35.5 Å². The molecule has 31 heavy (non-hydrogen) atoms. The average Bonchev–Trinajstić information content (AvgIpc) is 3.16. The molecule has 4 rings (SSSR count). The summed E-state index contributed by atoms with van der Waals surface area (Å²) in [6.07, 6.45) is 1.12. The molecule has 4 aromatic rings. The summed E-state index contributed by atoms with van der Waals surface area (Å²) in [6.45, 7) is 1.13. The van der Waals surface area contributed by atoms with E-state index in [1.807, 2.05) is 77.5 Å². The smallest absolute Gasteiger partial charge is 0.220 e. The van der Waals surface area contributed by atoms with Crippen LogP contribution in [0.5, 0.6) is 5.75 Å². The number of methoxy groups -OCH3 is 1. The van der Waals surface area contributed by atoms with Gasteiger partial charge in [-0.2, -0.15) is 5.10 Å². The Morgan fingerprint density at radius 2 is 1.90 bits per heavy atom. The highest BCUT2D eigenvalue weighted by Crippen LogP contribution is 2.30. The van der Waals surface area contributed by atoms with Crippen molar-refractivity contribution >= 4 is 28.4 Å². The van der Waals surface area contributed by atoms with Crippen LogP contribution in [-0.2, 0) is 17.9 Å². The molecule has 0 fully saturated rings. The number of aryl methyl sites for hydroxylation is 1. The molecule has 1 amide bonds. The van der Waals surface area contributed by atoms with Gasteiger partial charge in [-0.05, 0) is 42.3 Å². The lowest BCUT2D eigenvalue weighted by Crippen LogP contribution is -2.22. The Hall–Kier alpha value is -3.31. The maximum absolute atomic E-state index is 12.3. The lowest BCUT2D eigenvalue weighted by Gasteiger charge is -2.07. The molecule has 0 aliphatic rings. The fourth-order valence-corrected chi connectivity index (χ4v) is 3.76. The number of benzene rings is 3. The van der Waals surface area contributed by atoms with Crippen LogP contribution in [0.4, 0.5) is 0 Å². The van der Waals surface area contributed by atoms with Gasteiger partial charge < -0.3 is 10.1 Å². The minimum atomic E-state index is 0.0191. The number of amides is 1. The lowest BCUT2D eigenvalue weighted by atomic mass is 10.1. The minimum absolute atomic E-state index is 0.0191. The third-order valence-electron chi connectivity index (χ3n) is 5.16. The summed E-state index contributed by atoms with van der Waals surface area (Å²) in [5, 5.41) is 9.49. The molecule has 0 atom stereocenters. The Bertz CT molecular complexity index is 1190. The van der Waals surface area contributed by atoms with Gasteiger partial charge in [0.05, 0.1) is 12.6 Å². The SMILES string of the molecule is COc1cccc(CNC(=O)CCCn2nc(-c3ccccc3)c3cc(Cl)ccc32)c1. The first kappa shape index (κ1) is 20.9. The van der Waals surface area contributed by atoms with E-state index in [2.05, 4.69) is 5.32 Å². The van der Waals surface area contributed by atoms with Crippen molar-refractivity contribution in [1.29, 1.82) is 0 Å². The first-order chi connectivity index (χ1) is 15.1. The average molecular weight is 434 g/mol. The van der Waals surface area contributed by atoms with E-state index in [1.165, 1.54) is 0 Å². The fraction of sp³-hybridized carbons (Fsp3) is 0.200. The number of halogens is 1. The van der Waals surface area contributed by atoms with Gasteiger partial charge in [-0.1, -0.05) is 54.1 Å². The minimum Gasteiger partial charge on any atom is -0.497 e. The second-order valence-electron chi connectivity index (χ2n) is 7.33. The Morgan fingerprint density at radius 3 is 2.71 bits per heavy atom. The molecule has 5 nitrogen and oxygen atoms in total. The number of carbonyl (C=O) groups excluding carboxylic acids is 1. The number of aromatic nitrogens is 2. The van der Waals surface area contributed by atoms with Gasteiger partial charge in [0.15, 0.2) is 0 Å². The number of rotatable bonds is 8. The van der Waals surface area contributed by atoms with Crippen molar-refractivity contribution in [3.63, 3.8) is 0 Å². The first-order valence-corrected chi connectivity index (χ1v) is 10.6. The third-order valence-corrected chi connectivity index (χ3v) is 5.39. The zero-order chi connectivity index (χ0) is 21.6. The summed E-state index contributed by atoms with van der Waals surface area (Å²) < 4.78 is 7.18. The predicted molar refractivity (Wildman–Crippen MR) is 124 cm³/mol. The monoisotopic (exact) mass is 433 g/mol. The van der Waals surface area contributed by atoms with Crippen molar-refractivity contribution in [2.24, 2.45) is 0 Å². The molecule has 0 aliphatic carbocycles. The highest BCUT2D eigenvalue weighted by atomic mass is 35.5. The summed E-state index contributed by atoms with van der Waals surface area (Å²) >= 11 is 6.24. The van der Waals surface area contributed by atoms with Crippen molar-refractivity contribution in [2.45, 2.75) is 25.9 Å². The summed E-state index contributed by atoms with van der Waals surface area (Å²) in [6, 6.07) is 23.6. The maximum atomic E-state index is 12.3. The van der Waals surface area contributed by atoms with Gasteiger partial charge in [0.25, 0.3) is 0 Å². The standard InChI is InChI=1S/C25H24ClN3O2/c1-31-21-10-5-7-18(15-21)17-27-24(30)11-6-14-29-23-13-12-20(26)16-22(23)25(28-29)19-8-3-2-4-9-19/h2-5,7-10,12-13,15-16H,6,11,14,17H2,1H3,(H,27,30). The van der Waals surface area contributed by atoms with Crippen molar-refractivity contribution < 1.29 is 9.53 Å². The zero-order valence-corrected chi connectivity index (χ0v) is 18.1. The van der Waals surface area contributed by atoms with E-state index in [4.69, 9.17) is 21.4 Å². The molecule has 0 saturated carbocycles. The number of hydrogen-bond donors (Lipinski definition) is 1. The number of carbonyl (C=O) groups is 1. The number of ether oxygens (including phenoxy) is 1. The van der Waals surface area contributed by atoms with E-state index in [9.17, 15) is 4.79 Å². The van der Waals surface area contributed by atoms with Gasteiger partial charge in [0.1, 0.15) is 11.4 Å². The Balaban J connectivity index is 1.40. The van der Waals surface area contributed by atoms with E-state index in [0.29, 0.717) is 31.0 Å². The van der Waals surface area contributed by atoms with Crippen LogP contribution in [0.2, 0.25) is 5.02 Å². The number of hydrogen-bond acceptors (Lipinski definition) is 3. The van der Waals surface area contributed by atoms with E-state index in [0.717, 1.165) is 33.5 Å². The van der Waals surface area contributed by atoms with Crippen LogP contribution in [0, 0.1) is 0 Å². The second-order valence-corrected chi connectivity index (χ2v) is 7.77. The summed E-state index contributed by atoms with van der Waals surface area (Å²) in [7, 11) is 1.63. The fourth-order valence-electron chi connectivity index (χ4n) is 3.59. The zero-order valence-electron chi connectivity index (χ0n) is 17.3.